The maximum Gasteiger partial charge on any atom is -0.00195 e. The molecule has 0 aliphatic rings. The Hall–Kier alpha value is -2.08. The van der Waals surface area contributed by atoms with Crippen molar-refractivity contribution in [3.63, 3.8) is 0 Å². The van der Waals surface area contributed by atoms with Gasteiger partial charge in [0.1, 0.15) is 0 Å². The van der Waals surface area contributed by atoms with Crippen molar-refractivity contribution in [2.45, 2.75) is 13.3 Å². The van der Waals surface area contributed by atoms with Gasteiger partial charge in [-0.05, 0) is 35.6 Å². The van der Waals surface area contributed by atoms with Crippen molar-refractivity contribution in [2.75, 3.05) is 0 Å². The van der Waals surface area contributed by atoms with E-state index in [0.717, 1.165) is 6.42 Å². The van der Waals surface area contributed by atoms with E-state index in [-0.39, 0.29) is 0 Å². The van der Waals surface area contributed by atoms with Gasteiger partial charge in [-0.1, -0.05) is 73.3 Å². The van der Waals surface area contributed by atoms with E-state index >= 15 is 0 Å². The second kappa shape index (κ2) is 5.50. The lowest BCUT2D eigenvalue weighted by Crippen LogP contribution is -1.93. The van der Waals surface area contributed by atoms with Crippen molar-refractivity contribution in [3.05, 3.63) is 83.4 Å². The van der Waals surface area contributed by atoms with Crippen molar-refractivity contribution in [3.8, 4) is 0 Å². The van der Waals surface area contributed by atoms with Crippen molar-refractivity contribution >= 4 is 12.2 Å². The van der Waals surface area contributed by atoms with E-state index in [1.54, 1.807) is 0 Å². The summed E-state index contributed by atoms with van der Waals surface area (Å²) >= 11 is 0. The summed E-state index contributed by atoms with van der Waals surface area (Å²) < 4.78 is 0. The predicted octanol–water partition coefficient (Wildman–Crippen LogP) is 4.87. The van der Waals surface area contributed by atoms with Crippen LogP contribution in [-0.2, 0) is 6.42 Å². The minimum Gasteiger partial charge on any atom is -0.0985 e. The summed E-state index contributed by atoms with van der Waals surface area (Å²) in [5.41, 5.74) is 6.30. The van der Waals surface area contributed by atoms with E-state index in [9.17, 15) is 0 Å². The molecule has 0 bridgehead atoms. The lowest BCUT2D eigenvalue weighted by atomic mass is 9.97. The summed E-state index contributed by atoms with van der Waals surface area (Å²) in [5, 5.41) is 0. The van der Waals surface area contributed by atoms with Crippen LogP contribution in [0.15, 0.2) is 55.6 Å². The molecule has 0 spiro atoms. The number of hydrogen-bond acceptors (Lipinski definition) is 0. The quantitative estimate of drug-likeness (QED) is 0.708. The highest BCUT2D eigenvalue weighted by Crippen LogP contribution is 2.18. The highest BCUT2D eigenvalue weighted by molar-refractivity contribution is 5.54. The molecule has 0 unspecified atom stereocenters. The SMILES string of the molecule is C=Cc1cc(C)cc(Cc2ccccc2C=C)c1. The van der Waals surface area contributed by atoms with E-state index in [4.69, 9.17) is 0 Å². The minimum absolute atomic E-state index is 0.935. The van der Waals surface area contributed by atoms with Crippen molar-refractivity contribution in [1.82, 2.24) is 0 Å². The lowest BCUT2D eigenvalue weighted by molar-refractivity contribution is 1.17. The summed E-state index contributed by atoms with van der Waals surface area (Å²) in [6.45, 7) is 9.83. The molecule has 0 atom stereocenters. The van der Waals surface area contributed by atoms with E-state index in [2.05, 4.69) is 56.5 Å². The molecule has 2 aromatic carbocycles. The Morgan fingerprint density at radius 1 is 1.00 bits per heavy atom. The van der Waals surface area contributed by atoms with Gasteiger partial charge in [0.25, 0.3) is 0 Å². The Labute approximate surface area is 109 Å². The molecule has 18 heavy (non-hydrogen) atoms. The topological polar surface area (TPSA) is 0 Å². The zero-order chi connectivity index (χ0) is 13.0. The van der Waals surface area contributed by atoms with Crippen molar-refractivity contribution in [2.24, 2.45) is 0 Å². The summed E-state index contributed by atoms with van der Waals surface area (Å²) in [4.78, 5) is 0. The molecule has 0 heteroatoms. The van der Waals surface area contributed by atoms with Gasteiger partial charge in [0, 0.05) is 0 Å². The van der Waals surface area contributed by atoms with Gasteiger partial charge in [0.2, 0.25) is 0 Å². The first-order valence-corrected chi connectivity index (χ1v) is 6.16. The summed E-state index contributed by atoms with van der Waals surface area (Å²) in [6, 6.07) is 15.0. The summed E-state index contributed by atoms with van der Waals surface area (Å²) in [6.07, 6.45) is 4.75. The van der Waals surface area contributed by atoms with Crippen LogP contribution in [0.4, 0.5) is 0 Å². The molecule has 0 fully saturated rings. The zero-order valence-corrected chi connectivity index (χ0v) is 10.8. The van der Waals surface area contributed by atoms with Crippen LogP contribution < -0.4 is 0 Å². The third kappa shape index (κ3) is 2.78. The Kier molecular flexibility index (Phi) is 3.78. The van der Waals surface area contributed by atoms with E-state index in [0.29, 0.717) is 0 Å². The highest BCUT2D eigenvalue weighted by atomic mass is 14.1. The van der Waals surface area contributed by atoms with Crippen LogP contribution >= 0.6 is 0 Å². The molecule has 0 saturated carbocycles. The second-order valence-corrected chi connectivity index (χ2v) is 4.54. The van der Waals surface area contributed by atoms with Crippen LogP contribution in [0.3, 0.4) is 0 Å². The molecule has 0 heterocycles. The summed E-state index contributed by atoms with van der Waals surface area (Å²) in [7, 11) is 0. The highest BCUT2D eigenvalue weighted by Gasteiger charge is 2.02. The first-order valence-electron chi connectivity index (χ1n) is 6.16. The van der Waals surface area contributed by atoms with E-state index in [1.165, 1.54) is 27.8 Å². The van der Waals surface area contributed by atoms with E-state index < -0.39 is 0 Å². The largest absolute Gasteiger partial charge is 0.0985 e. The van der Waals surface area contributed by atoms with Gasteiger partial charge >= 0.3 is 0 Å². The predicted molar refractivity (Wildman–Crippen MR) is 80.6 cm³/mol. The lowest BCUT2D eigenvalue weighted by Gasteiger charge is -2.08. The Morgan fingerprint density at radius 2 is 1.78 bits per heavy atom. The Bertz CT molecular complexity index is 576. The second-order valence-electron chi connectivity index (χ2n) is 4.54. The molecule has 90 valence electrons. The van der Waals surface area contributed by atoms with Gasteiger partial charge in [-0.3, -0.25) is 0 Å². The first-order chi connectivity index (χ1) is 8.72. The third-order valence-corrected chi connectivity index (χ3v) is 3.06. The standard InChI is InChI=1S/C18H18/c1-4-15-10-14(3)11-16(12-15)13-18-9-7-6-8-17(18)5-2/h4-12H,1-2,13H2,3H3. The molecule has 0 aliphatic carbocycles. The molecular weight excluding hydrogens is 216 g/mol. The van der Waals surface area contributed by atoms with Gasteiger partial charge in [0.15, 0.2) is 0 Å². The van der Waals surface area contributed by atoms with Crippen molar-refractivity contribution < 1.29 is 0 Å². The molecular formula is C18H18. The fourth-order valence-electron chi connectivity index (χ4n) is 2.23. The van der Waals surface area contributed by atoms with Crippen LogP contribution in [0, 0.1) is 6.92 Å². The van der Waals surface area contributed by atoms with Crippen LogP contribution in [0.2, 0.25) is 0 Å². The third-order valence-electron chi connectivity index (χ3n) is 3.06. The first kappa shape index (κ1) is 12.4. The number of rotatable bonds is 4. The molecule has 0 aliphatic heterocycles. The fourth-order valence-corrected chi connectivity index (χ4v) is 2.23. The Balaban J connectivity index is 2.36. The fraction of sp³-hybridized carbons (Fsp3) is 0.111. The molecule has 0 N–H and O–H groups in total. The van der Waals surface area contributed by atoms with Gasteiger partial charge in [-0.15, -0.1) is 0 Å². The van der Waals surface area contributed by atoms with Crippen LogP contribution in [-0.4, -0.2) is 0 Å². The minimum atomic E-state index is 0.935. The zero-order valence-electron chi connectivity index (χ0n) is 10.8. The smallest absolute Gasteiger partial charge is 0.00195 e. The molecule has 0 amide bonds. The molecule has 0 radical (unpaired) electrons. The number of hydrogen-bond donors (Lipinski definition) is 0. The van der Waals surface area contributed by atoms with Crippen molar-refractivity contribution in [1.29, 1.82) is 0 Å². The van der Waals surface area contributed by atoms with Crippen LogP contribution in [0.1, 0.15) is 27.8 Å². The maximum absolute atomic E-state index is 3.87. The average molecular weight is 234 g/mol. The number of benzene rings is 2. The molecule has 0 saturated heterocycles. The van der Waals surface area contributed by atoms with Gasteiger partial charge in [-0.25, -0.2) is 0 Å². The van der Waals surface area contributed by atoms with Gasteiger partial charge in [0.05, 0.1) is 0 Å². The Morgan fingerprint density at radius 3 is 2.50 bits per heavy atom. The van der Waals surface area contributed by atoms with Crippen LogP contribution in [0.5, 0.6) is 0 Å². The normalized spacial score (nSPS) is 10.1. The summed E-state index contributed by atoms with van der Waals surface area (Å²) in [5.74, 6) is 0. The maximum atomic E-state index is 3.87. The van der Waals surface area contributed by atoms with Crippen LogP contribution in [0.25, 0.3) is 12.2 Å². The van der Waals surface area contributed by atoms with E-state index in [1.807, 2.05) is 18.2 Å². The van der Waals surface area contributed by atoms with Gasteiger partial charge in [-0.2, -0.15) is 0 Å². The average Bonchev–Trinajstić information content (AvgIpc) is 2.38. The molecule has 2 rings (SSSR count). The molecule has 0 nitrogen and oxygen atoms in total. The molecule has 0 aromatic heterocycles. The number of aryl methyl sites for hydroxylation is 1. The van der Waals surface area contributed by atoms with Gasteiger partial charge < -0.3 is 0 Å². The monoisotopic (exact) mass is 234 g/mol. The molecule has 2 aromatic rings.